The Morgan fingerprint density at radius 2 is 1.89 bits per heavy atom. The molecule has 0 atom stereocenters. The van der Waals surface area contributed by atoms with E-state index in [9.17, 15) is 5.11 Å². The van der Waals surface area contributed by atoms with Gasteiger partial charge in [-0.05, 0) is 33.6 Å². The zero-order chi connectivity index (χ0) is 14.3. The molecule has 0 radical (unpaired) electrons. The van der Waals surface area contributed by atoms with Gasteiger partial charge in [0, 0.05) is 31.3 Å². The molecule has 4 heteroatoms. The van der Waals surface area contributed by atoms with Gasteiger partial charge in [0.05, 0.1) is 6.61 Å². The average molecular weight is 266 g/mol. The molecular weight excluding hydrogens is 240 g/mol. The predicted molar refractivity (Wildman–Crippen MR) is 78.8 cm³/mol. The van der Waals surface area contributed by atoms with E-state index in [0.717, 1.165) is 37.4 Å². The fourth-order valence-corrected chi connectivity index (χ4v) is 1.73. The Morgan fingerprint density at radius 3 is 2.47 bits per heavy atom. The zero-order valence-corrected chi connectivity index (χ0v) is 12.5. The molecule has 1 rings (SSSR count). The van der Waals surface area contributed by atoms with E-state index >= 15 is 0 Å². The first kappa shape index (κ1) is 15.8. The molecule has 4 nitrogen and oxygen atoms in total. The highest BCUT2D eigenvalue weighted by Crippen LogP contribution is 2.24. The number of phenolic OH excluding ortho intramolecular Hbond substituents is 1. The van der Waals surface area contributed by atoms with Crippen LogP contribution in [0.1, 0.15) is 18.9 Å². The van der Waals surface area contributed by atoms with Gasteiger partial charge in [0.15, 0.2) is 0 Å². The van der Waals surface area contributed by atoms with Crippen LogP contribution in [-0.4, -0.2) is 55.7 Å². The van der Waals surface area contributed by atoms with Crippen LogP contribution in [0.5, 0.6) is 11.5 Å². The molecule has 1 N–H and O–H groups in total. The number of likely N-dealkylation sites (N-methyl/N-ethyl adjacent to an activating group) is 2. The SMILES string of the molecule is CCCOc1ccc(CN(C)CCN(C)C)c(O)c1. The maximum Gasteiger partial charge on any atom is 0.123 e. The maximum absolute atomic E-state index is 10.00. The van der Waals surface area contributed by atoms with Crippen molar-refractivity contribution in [2.75, 3.05) is 40.8 Å². The Morgan fingerprint density at radius 1 is 1.16 bits per heavy atom. The third-order valence-electron chi connectivity index (χ3n) is 2.90. The summed E-state index contributed by atoms with van der Waals surface area (Å²) in [5.41, 5.74) is 0.935. The van der Waals surface area contributed by atoms with E-state index in [1.807, 2.05) is 12.1 Å². The second-order valence-corrected chi connectivity index (χ2v) is 5.18. The van der Waals surface area contributed by atoms with Gasteiger partial charge < -0.3 is 19.6 Å². The van der Waals surface area contributed by atoms with Crippen molar-refractivity contribution in [3.05, 3.63) is 23.8 Å². The Labute approximate surface area is 116 Å². The van der Waals surface area contributed by atoms with Crippen LogP contribution in [0.3, 0.4) is 0 Å². The minimum absolute atomic E-state index is 0.310. The Balaban J connectivity index is 2.54. The molecule has 108 valence electrons. The summed E-state index contributed by atoms with van der Waals surface area (Å²) in [5.74, 6) is 1.05. The molecule has 0 aliphatic heterocycles. The summed E-state index contributed by atoms with van der Waals surface area (Å²) in [6.07, 6.45) is 0.968. The minimum atomic E-state index is 0.310. The Bertz CT molecular complexity index is 380. The van der Waals surface area contributed by atoms with E-state index in [1.165, 1.54) is 0 Å². The normalized spacial score (nSPS) is 11.3. The minimum Gasteiger partial charge on any atom is -0.507 e. The molecule has 0 aliphatic rings. The molecular formula is C15H26N2O2. The van der Waals surface area contributed by atoms with Crippen LogP contribution >= 0.6 is 0 Å². The van der Waals surface area contributed by atoms with E-state index in [2.05, 4.69) is 37.9 Å². The van der Waals surface area contributed by atoms with E-state index in [1.54, 1.807) is 6.07 Å². The van der Waals surface area contributed by atoms with Gasteiger partial charge in [0.25, 0.3) is 0 Å². The molecule has 0 amide bonds. The second kappa shape index (κ2) is 8.02. The quantitative estimate of drug-likeness (QED) is 0.782. The molecule has 0 aliphatic carbocycles. The molecule has 1 aromatic rings. The number of hydrogen-bond acceptors (Lipinski definition) is 4. The van der Waals surface area contributed by atoms with Crippen LogP contribution in [0.25, 0.3) is 0 Å². The maximum atomic E-state index is 10.00. The molecule has 19 heavy (non-hydrogen) atoms. The van der Waals surface area contributed by atoms with Crippen molar-refractivity contribution < 1.29 is 9.84 Å². The molecule has 0 saturated carbocycles. The highest BCUT2D eigenvalue weighted by Gasteiger charge is 2.07. The molecule has 0 unspecified atom stereocenters. The van der Waals surface area contributed by atoms with Crippen LogP contribution in [-0.2, 0) is 6.54 Å². The standard InChI is InChI=1S/C15H26N2O2/c1-5-10-19-14-7-6-13(15(18)11-14)12-17(4)9-8-16(2)3/h6-7,11,18H,5,8-10,12H2,1-4H3. The summed E-state index contributed by atoms with van der Waals surface area (Å²) in [4.78, 5) is 4.35. The lowest BCUT2D eigenvalue weighted by molar-refractivity contribution is 0.272. The lowest BCUT2D eigenvalue weighted by Gasteiger charge is -2.20. The lowest BCUT2D eigenvalue weighted by Crippen LogP contribution is -2.28. The number of ether oxygens (including phenoxy) is 1. The van der Waals surface area contributed by atoms with Gasteiger partial charge in [-0.15, -0.1) is 0 Å². The van der Waals surface area contributed by atoms with Crippen molar-refractivity contribution in [3.63, 3.8) is 0 Å². The van der Waals surface area contributed by atoms with E-state index in [-0.39, 0.29) is 0 Å². The first-order valence-corrected chi connectivity index (χ1v) is 6.81. The Kier molecular flexibility index (Phi) is 6.67. The number of aromatic hydroxyl groups is 1. The number of nitrogens with zero attached hydrogens (tertiary/aromatic N) is 2. The highest BCUT2D eigenvalue weighted by molar-refractivity contribution is 5.39. The lowest BCUT2D eigenvalue weighted by atomic mass is 10.2. The van der Waals surface area contributed by atoms with Crippen LogP contribution in [0.2, 0.25) is 0 Å². The monoisotopic (exact) mass is 266 g/mol. The number of benzene rings is 1. The van der Waals surface area contributed by atoms with Gasteiger partial charge in [-0.2, -0.15) is 0 Å². The van der Waals surface area contributed by atoms with Crippen molar-refractivity contribution in [1.29, 1.82) is 0 Å². The summed E-state index contributed by atoms with van der Waals surface area (Å²) in [6.45, 7) is 5.47. The van der Waals surface area contributed by atoms with Crippen LogP contribution in [0.15, 0.2) is 18.2 Å². The number of hydrogen-bond donors (Lipinski definition) is 1. The molecule has 0 fully saturated rings. The largest absolute Gasteiger partial charge is 0.507 e. The van der Waals surface area contributed by atoms with Gasteiger partial charge in [-0.3, -0.25) is 0 Å². The van der Waals surface area contributed by atoms with Crippen molar-refractivity contribution in [2.24, 2.45) is 0 Å². The summed E-state index contributed by atoms with van der Waals surface area (Å²) in [5, 5.41) is 10.00. The molecule has 0 aromatic heterocycles. The number of rotatable bonds is 8. The third-order valence-corrected chi connectivity index (χ3v) is 2.90. The van der Waals surface area contributed by atoms with Crippen LogP contribution < -0.4 is 4.74 Å². The predicted octanol–water partition coefficient (Wildman–Crippen LogP) is 2.17. The summed E-state index contributed by atoms with van der Waals surface area (Å²) >= 11 is 0. The van der Waals surface area contributed by atoms with Crippen LogP contribution in [0.4, 0.5) is 0 Å². The van der Waals surface area contributed by atoms with Gasteiger partial charge in [-0.25, -0.2) is 0 Å². The summed E-state index contributed by atoms with van der Waals surface area (Å²) in [7, 11) is 6.18. The zero-order valence-electron chi connectivity index (χ0n) is 12.5. The third kappa shape index (κ3) is 5.94. The van der Waals surface area contributed by atoms with Crippen molar-refractivity contribution in [1.82, 2.24) is 9.80 Å². The second-order valence-electron chi connectivity index (χ2n) is 5.18. The van der Waals surface area contributed by atoms with Crippen LogP contribution in [0, 0.1) is 0 Å². The van der Waals surface area contributed by atoms with Gasteiger partial charge in [0.1, 0.15) is 11.5 Å². The topological polar surface area (TPSA) is 35.9 Å². The Hall–Kier alpha value is -1.26. The fourth-order valence-electron chi connectivity index (χ4n) is 1.73. The van der Waals surface area contributed by atoms with E-state index < -0.39 is 0 Å². The molecule has 0 bridgehead atoms. The van der Waals surface area contributed by atoms with Crippen molar-refractivity contribution >= 4 is 0 Å². The first-order chi connectivity index (χ1) is 9.02. The van der Waals surface area contributed by atoms with Gasteiger partial charge >= 0.3 is 0 Å². The van der Waals surface area contributed by atoms with Crippen molar-refractivity contribution in [2.45, 2.75) is 19.9 Å². The van der Waals surface area contributed by atoms with E-state index in [0.29, 0.717) is 12.4 Å². The average Bonchev–Trinajstić information content (AvgIpc) is 2.37. The van der Waals surface area contributed by atoms with E-state index in [4.69, 9.17) is 4.74 Å². The highest BCUT2D eigenvalue weighted by atomic mass is 16.5. The smallest absolute Gasteiger partial charge is 0.123 e. The summed E-state index contributed by atoms with van der Waals surface area (Å²) in [6, 6.07) is 5.56. The number of phenols is 1. The fraction of sp³-hybridized carbons (Fsp3) is 0.600. The summed E-state index contributed by atoms with van der Waals surface area (Å²) < 4.78 is 5.49. The molecule has 1 aromatic carbocycles. The first-order valence-electron chi connectivity index (χ1n) is 6.81. The van der Waals surface area contributed by atoms with Gasteiger partial charge in [-0.1, -0.05) is 13.0 Å². The molecule has 0 saturated heterocycles. The molecule has 0 heterocycles. The molecule has 0 spiro atoms. The van der Waals surface area contributed by atoms with Crippen molar-refractivity contribution in [3.8, 4) is 11.5 Å². The van der Waals surface area contributed by atoms with Gasteiger partial charge in [0.2, 0.25) is 0 Å².